The van der Waals surface area contributed by atoms with E-state index in [1.807, 2.05) is 0 Å². The number of aromatic nitrogens is 1. The van der Waals surface area contributed by atoms with Crippen molar-refractivity contribution in [3.8, 4) is 0 Å². The summed E-state index contributed by atoms with van der Waals surface area (Å²) in [7, 11) is 0. The number of likely N-dealkylation sites (tertiary alicyclic amines) is 1. The van der Waals surface area contributed by atoms with Crippen LogP contribution in [0, 0.1) is 5.92 Å². The second kappa shape index (κ2) is 18.7. The fourth-order valence-corrected chi connectivity index (χ4v) is 6.04. The molecule has 7 amide bonds. The average molecular weight is 743 g/mol. The quantitative estimate of drug-likeness (QED) is 0.0914. The van der Waals surface area contributed by atoms with Gasteiger partial charge in [-0.25, -0.2) is 4.79 Å². The Balaban J connectivity index is 1.65. The summed E-state index contributed by atoms with van der Waals surface area (Å²) >= 11 is 0. The summed E-state index contributed by atoms with van der Waals surface area (Å²) in [5.74, 6) is -9.01. The van der Waals surface area contributed by atoms with Crippen molar-refractivity contribution in [3.63, 3.8) is 0 Å². The molecule has 1 aromatic heterocycles. The minimum absolute atomic E-state index is 0.129. The number of carbonyl (C=O) groups is 10. The number of carboxylic acids is 1. The first-order valence-corrected chi connectivity index (χ1v) is 17.2. The molecule has 19 heteroatoms. The first-order chi connectivity index (χ1) is 24.9. The summed E-state index contributed by atoms with van der Waals surface area (Å²) in [6.45, 7) is 3.16. The molecule has 53 heavy (non-hydrogen) atoms. The molecule has 0 aromatic carbocycles. The number of Topliss-reactive ketones (excluding diaryl/α,β-unsaturated/α-hetero) is 2. The highest BCUT2D eigenvalue weighted by Crippen LogP contribution is 2.26. The van der Waals surface area contributed by atoms with Crippen LogP contribution in [-0.2, 0) is 38.4 Å². The summed E-state index contributed by atoms with van der Waals surface area (Å²) in [6.07, 6.45) is 5.01. The topological polar surface area (TPSA) is 293 Å². The molecule has 0 radical (unpaired) electrons. The van der Waals surface area contributed by atoms with Crippen LogP contribution in [0.25, 0.3) is 0 Å². The van der Waals surface area contributed by atoms with Crippen LogP contribution in [0.1, 0.15) is 92.9 Å². The van der Waals surface area contributed by atoms with Crippen molar-refractivity contribution in [3.05, 3.63) is 29.6 Å². The van der Waals surface area contributed by atoms with Crippen molar-refractivity contribution in [1.29, 1.82) is 0 Å². The van der Waals surface area contributed by atoms with E-state index in [9.17, 15) is 53.1 Å². The lowest BCUT2D eigenvalue weighted by atomic mass is 9.83. The maximum absolute atomic E-state index is 13.3. The highest BCUT2D eigenvalue weighted by atomic mass is 16.4. The zero-order valence-corrected chi connectivity index (χ0v) is 29.8. The van der Waals surface area contributed by atoms with E-state index in [-0.39, 0.29) is 17.9 Å². The van der Waals surface area contributed by atoms with Gasteiger partial charge in [-0.15, -0.1) is 0 Å². The Hall–Kier alpha value is -5.75. The third-order valence-electron chi connectivity index (χ3n) is 8.67. The fourth-order valence-electron chi connectivity index (χ4n) is 6.04. The standard InChI is InChI=1S/C34H46N8O11/c1-34(2,3)41-32(51)24(44)10-9-22(39-29(48)20-11-12-36-14-21(20)33(52)53)30(49)38-16-26(46)42-17-19(43)13-23(42)31(50)37-15-25(45)40-27(28(35)47)18-7-5-4-6-8-18/h11-12,14,18,22-23,27H,4-10,13,15-17H2,1-3H3,(H2,35,47)(H,37,50)(H,38,49)(H,39,48)(H,40,45)(H,41,51)(H,52,53)/t22-,23?,27?/m0/s1. The molecule has 2 heterocycles. The van der Waals surface area contributed by atoms with Crippen molar-refractivity contribution < 1.29 is 53.1 Å². The molecule has 0 spiro atoms. The number of nitrogens with zero attached hydrogens (tertiary/aromatic N) is 2. The Bertz CT molecular complexity index is 1630. The van der Waals surface area contributed by atoms with Crippen molar-refractivity contribution >= 4 is 58.9 Å². The average Bonchev–Trinajstić information content (AvgIpc) is 3.50. The van der Waals surface area contributed by atoms with Gasteiger partial charge in [0.25, 0.3) is 11.8 Å². The van der Waals surface area contributed by atoms with Crippen molar-refractivity contribution in [2.45, 2.75) is 95.8 Å². The largest absolute Gasteiger partial charge is 0.478 e. The second-order valence-electron chi connectivity index (χ2n) is 14.0. The smallest absolute Gasteiger partial charge is 0.338 e. The summed E-state index contributed by atoms with van der Waals surface area (Å²) in [6, 6.07) is -2.68. The van der Waals surface area contributed by atoms with Gasteiger partial charge in [0.1, 0.15) is 18.1 Å². The van der Waals surface area contributed by atoms with Crippen LogP contribution in [0.2, 0.25) is 0 Å². The molecule has 1 saturated carbocycles. The van der Waals surface area contributed by atoms with E-state index in [0.29, 0.717) is 12.8 Å². The maximum atomic E-state index is 13.3. The molecule has 2 aliphatic rings. The van der Waals surface area contributed by atoms with E-state index in [1.165, 1.54) is 0 Å². The number of hydrogen-bond donors (Lipinski definition) is 7. The van der Waals surface area contributed by atoms with E-state index in [2.05, 4.69) is 31.6 Å². The number of aromatic carboxylic acids is 1. The molecular formula is C34H46N8O11. The van der Waals surface area contributed by atoms with E-state index >= 15 is 0 Å². The molecule has 2 fully saturated rings. The fraction of sp³-hybridized carbons (Fsp3) is 0.559. The van der Waals surface area contributed by atoms with E-state index in [1.54, 1.807) is 20.8 Å². The molecule has 8 N–H and O–H groups in total. The molecule has 1 aromatic rings. The van der Waals surface area contributed by atoms with Crippen LogP contribution in [0.15, 0.2) is 18.5 Å². The van der Waals surface area contributed by atoms with Crippen LogP contribution in [0.5, 0.6) is 0 Å². The van der Waals surface area contributed by atoms with Gasteiger partial charge in [0.05, 0.1) is 30.8 Å². The lowest BCUT2D eigenvalue weighted by Gasteiger charge is -2.29. The number of pyridine rings is 1. The predicted octanol–water partition coefficient (Wildman–Crippen LogP) is -1.90. The normalized spacial score (nSPS) is 17.2. The number of nitrogens with two attached hydrogens (primary N) is 1. The van der Waals surface area contributed by atoms with Gasteiger partial charge in [0, 0.05) is 30.8 Å². The molecule has 3 rings (SSSR count). The zero-order chi connectivity index (χ0) is 39.5. The minimum Gasteiger partial charge on any atom is -0.478 e. The Morgan fingerprint density at radius 1 is 0.962 bits per heavy atom. The maximum Gasteiger partial charge on any atom is 0.338 e. The monoisotopic (exact) mass is 742 g/mol. The molecule has 1 aliphatic carbocycles. The van der Waals surface area contributed by atoms with Crippen LogP contribution < -0.4 is 32.3 Å². The summed E-state index contributed by atoms with van der Waals surface area (Å²) in [5.41, 5.74) is 3.94. The van der Waals surface area contributed by atoms with Gasteiger partial charge < -0.3 is 42.3 Å². The Labute approximate surface area is 304 Å². The third kappa shape index (κ3) is 12.5. The number of carboxylic acid groups (broad SMARTS) is 1. The summed E-state index contributed by atoms with van der Waals surface area (Å²) < 4.78 is 0. The lowest BCUT2D eigenvalue weighted by molar-refractivity contribution is -0.139. The second-order valence-corrected chi connectivity index (χ2v) is 14.0. The molecule has 19 nitrogen and oxygen atoms in total. The Morgan fingerprint density at radius 3 is 2.26 bits per heavy atom. The molecule has 1 saturated heterocycles. The SMILES string of the molecule is CC(C)(C)NC(=O)C(=O)CC[C@H](NC(=O)c1ccncc1C(=O)O)C(=O)NCC(=O)N1CC(=O)CC1C(=O)NCC(=O)NC(C(N)=O)C1CCCCC1. The highest BCUT2D eigenvalue weighted by Gasteiger charge is 2.39. The van der Waals surface area contributed by atoms with Crippen molar-refractivity contribution in [2.75, 3.05) is 19.6 Å². The molecule has 3 atom stereocenters. The van der Waals surface area contributed by atoms with Crippen molar-refractivity contribution in [2.24, 2.45) is 11.7 Å². The third-order valence-corrected chi connectivity index (χ3v) is 8.67. The highest BCUT2D eigenvalue weighted by molar-refractivity contribution is 6.36. The molecule has 2 unspecified atom stereocenters. The van der Waals surface area contributed by atoms with Crippen LogP contribution in [0.3, 0.4) is 0 Å². The Kier molecular flexibility index (Phi) is 14.7. The van der Waals surface area contributed by atoms with Crippen LogP contribution >= 0.6 is 0 Å². The number of hydrogen-bond acceptors (Lipinski definition) is 11. The lowest BCUT2D eigenvalue weighted by Crippen LogP contribution is -2.54. The number of ketones is 2. The number of rotatable bonds is 16. The number of primary amides is 1. The van der Waals surface area contributed by atoms with E-state index in [0.717, 1.165) is 42.6 Å². The van der Waals surface area contributed by atoms with Gasteiger partial charge in [-0.2, -0.15) is 0 Å². The van der Waals surface area contributed by atoms with Gasteiger partial charge in [-0.05, 0) is 52.0 Å². The van der Waals surface area contributed by atoms with E-state index in [4.69, 9.17) is 5.73 Å². The predicted molar refractivity (Wildman–Crippen MR) is 183 cm³/mol. The van der Waals surface area contributed by atoms with Gasteiger partial charge in [-0.3, -0.25) is 48.1 Å². The van der Waals surface area contributed by atoms with Gasteiger partial charge in [0.2, 0.25) is 35.3 Å². The van der Waals surface area contributed by atoms with Crippen LogP contribution in [0.4, 0.5) is 0 Å². The number of nitrogens with one attached hydrogen (secondary N) is 5. The van der Waals surface area contributed by atoms with Gasteiger partial charge in [-0.1, -0.05) is 19.3 Å². The minimum atomic E-state index is -1.55. The first-order valence-electron chi connectivity index (χ1n) is 17.2. The summed E-state index contributed by atoms with van der Waals surface area (Å²) in [4.78, 5) is 131. The van der Waals surface area contributed by atoms with Crippen molar-refractivity contribution in [1.82, 2.24) is 36.5 Å². The summed E-state index contributed by atoms with van der Waals surface area (Å²) in [5, 5.41) is 21.5. The zero-order valence-electron chi connectivity index (χ0n) is 29.8. The number of amides is 7. The molecule has 0 bridgehead atoms. The Morgan fingerprint density at radius 2 is 1.64 bits per heavy atom. The molecule has 288 valence electrons. The number of carbonyl (C=O) groups excluding carboxylic acids is 9. The first kappa shape index (κ1) is 41.7. The molecular weight excluding hydrogens is 696 g/mol. The van der Waals surface area contributed by atoms with Gasteiger partial charge in [0.15, 0.2) is 5.78 Å². The molecule has 1 aliphatic heterocycles. The van der Waals surface area contributed by atoms with E-state index < -0.39 is 121 Å². The van der Waals surface area contributed by atoms with Crippen LogP contribution in [-0.4, -0.2) is 117 Å². The van der Waals surface area contributed by atoms with Gasteiger partial charge >= 0.3 is 5.97 Å².